The van der Waals surface area contributed by atoms with Crippen molar-refractivity contribution in [3.8, 4) is 5.75 Å². The first kappa shape index (κ1) is 22.0. The Morgan fingerprint density at radius 2 is 1.57 bits per heavy atom. The Hall–Kier alpha value is -2.33. The lowest BCUT2D eigenvalue weighted by molar-refractivity contribution is -0.885. The van der Waals surface area contributed by atoms with Crippen molar-refractivity contribution in [3.63, 3.8) is 0 Å². The minimum Gasteiger partial charge on any atom is -0.494 e. The number of carbonyl (C=O) groups excluding carboxylic acids is 1. The average Bonchev–Trinajstić information content (AvgIpc) is 2.63. The highest BCUT2D eigenvalue weighted by molar-refractivity contribution is 5.93. The maximum absolute atomic E-state index is 12.8. The highest BCUT2D eigenvalue weighted by atomic mass is 16.5. The number of amides is 1. The molecule has 2 N–H and O–H groups in total. The fourth-order valence-electron chi connectivity index (χ4n) is 3.43. The van der Waals surface area contributed by atoms with E-state index in [1.54, 1.807) is 0 Å². The number of para-hydroxylation sites is 1. The molecule has 0 spiro atoms. The third-order valence-electron chi connectivity index (χ3n) is 4.84. The lowest BCUT2D eigenvalue weighted by atomic mass is 9.92. The van der Waals surface area contributed by atoms with Crippen LogP contribution in [0.15, 0.2) is 42.5 Å². The SMILES string of the molecule is CCOc1ccc(C[NH+](C)CC(=O)Nc2c(C(C)C)cccc2C(C)C)cc1. The monoisotopic (exact) mass is 383 g/mol. The number of hydrogen-bond donors (Lipinski definition) is 2. The molecule has 1 atom stereocenters. The summed E-state index contributed by atoms with van der Waals surface area (Å²) >= 11 is 0. The van der Waals surface area contributed by atoms with Gasteiger partial charge in [0.25, 0.3) is 5.91 Å². The lowest BCUT2D eigenvalue weighted by Gasteiger charge is -2.21. The summed E-state index contributed by atoms with van der Waals surface area (Å²) in [6, 6.07) is 14.4. The van der Waals surface area contributed by atoms with E-state index >= 15 is 0 Å². The zero-order chi connectivity index (χ0) is 20.7. The van der Waals surface area contributed by atoms with Gasteiger partial charge in [0.2, 0.25) is 0 Å². The largest absolute Gasteiger partial charge is 0.494 e. The van der Waals surface area contributed by atoms with Gasteiger partial charge in [-0.25, -0.2) is 0 Å². The second-order valence-electron chi connectivity index (χ2n) is 8.06. The van der Waals surface area contributed by atoms with Crippen molar-refractivity contribution in [2.24, 2.45) is 0 Å². The van der Waals surface area contributed by atoms with Gasteiger partial charge in [-0.2, -0.15) is 0 Å². The van der Waals surface area contributed by atoms with Crippen LogP contribution in [-0.2, 0) is 11.3 Å². The molecule has 0 heterocycles. The van der Waals surface area contributed by atoms with E-state index in [0.29, 0.717) is 25.0 Å². The summed E-state index contributed by atoms with van der Waals surface area (Å²) < 4.78 is 5.49. The molecule has 0 aliphatic heterocycles. The van der Waals surface area contributed by atoms with Crippen LogP contribution in [-0.4, -0.2) is 26.1 Å². The van der Waals surface area contributed by atoms with Crippen molar-refractivity contribution in [1.29, 1.82) is 0 Å². The summed E-state index contributed by atoms with van der Waals surface area (Å²) in [6.45, 7) is 12.5. The van der Waals surface area contributed by atoms with E-state index in [2.05, 4.69) is 63.3 Å². The van der Waals surface area contributed by atoms with Gasteiger partial charge in [-0.05, 0) is 54.2 Å². The maximum Gasteiger partial charge on any atom is 0.279 e. The van der Waals surface area contributed by atoms with Crippen molar-refractivity contribution in [2.75, 3.05) is 25.5 Å². The van der Waals surface area contributed by atoms with Gasteiger partial charge in [-0.1, -0.05) is 45.9 Å². The van der Waals surface area contributed by atoms with Crippen molar-refractivity contribution >= 4 is 11.6 Å². The summed E-state index contributed by atoms with van der Waals surface area (Å²) in [4.78, 5) is 13.9. The Balaban J connectivity index is 2.03. The van der Waals surface area contributed by atoms with Crippen LogP contribution in [0.1, 0.15) is 63.1 Å². The zero-order valence-electron chi connectivity index (χ0n) is 18.1. The maximum atomic E-state index is 12.8. The summed E-state index contributed by atoms with van der Waals surface area (Å²) in [7, 11) is 2.05. The standard InChI is InChI=1S/C24H34N2O2/c1-7-28-20-13-11-19(12-14-20)15-26(6)16-23(27)25-24-21(17(2)3)9-8-10-22(24)18(4)5/h8-14,17-18H,7,15-16H2,1-6H3,(H,25,27)/p+1. The van der Waals surface area contributed by atoms with Crippen LogP contribution in [0.25, 0.3) is 0 Å². The van der Waals surface area contributed by atoms with E-state index < -0.39 is 0 Å². The molecule has 4 nitrogen and oxygen atoms in total. The predicted molar refractivity (Wildman–Crippen MR) is 116 cm³/mol. The second-order valence-corrected chi connectivity index (χ2v) is 8.06. The van der Waals surface area contributed by atoms with Gasteiger partial charge in [0.1, 0.15) is 12.3 Å². The van der Waals surface area contributed by atoms with Crippen LogP contribution in [0.4, 0.5) is 5.69 Å². The van der Waals surface area contributed by atoms with E-state index in [0.717, 1.165) is 22.9 Å². The van der Waals surface area contributed by atoms with Gasteiger partial charge in [0, 0.05) is 11.3 Å². The molecular weight excluding hydrogens is 348 g/mol. The molecule has 0 aromatic heterocycles. The Labute approximate surface area is 169 Å². The van der Waals surface area contributed by atoms with Gasteiger partial charge >= 0.3 is 0 Å². The number of ether oxygens (including phenoxy) is 1. The van der Waals surface area contributed by atoms with E-state index in [-0.39, 0.29) is 5.91 Å². The van der Waals surface area contributed by atoms with Crippen molar-refractivity contribution in [2.45, 2.75) is 53.0 Å². The normalized spacial score (nSPS) is 12.3. The zero-order valence-corrected chi connectivity index (χ0v) is 18.1. The molecule has 4 heteroatoms. The highest BCUT2D eigenvalue weighted by Gasteiger charge is 2.18. The number of nitrogens with one attached hydrogen (secondary N) is 2. The first-order chi connectivity index (χ1) is 13.3. The van der Waals surface area contributed by atoms with E-state index in [1.165, 1.54) is 16.7 Å². The van der Waals surface area contributed by atoms with E-state index in [1.807, 2.05) is 26.1 Å². The molecule has 2 aromatic carbocycles. The molecule has 0 saturated carbocycles. The minimum absolute atomic E-state index is 0.0541. The number of quaternary nitrogens is 1. The molecule has 0 aliphatic carbocycles. The molecule has 2 aromatic rings. The third-order valence-corrected chi connectivity index (χ3v) is 4.84. The quantitative estimate of drug-likeness (QED) is 0.688. The number of anilines is 1. The molecule has 0 bridgehead atoms. The van der Waals surface area contributed by atoms with Crippen molar-refractivity contribution in [3.05, 3.63) is 59.2 Å². The summed E-state index contributed by atoms with van der Waals surface area (Å²) in [5, 5.41) is 3.20. The van der Waals surface area contributed by atoms with Gasteiger partial charge in [-0.15, -0.1) is 0 Å². The second kappa shape index (κ2) is 10.3. The van der Waals surface area contributed by atoms with Crippen LogP contribution in [0.3, 0.4) is 0 Å². The van der Waals surface area contributed by atoms with Crippen LogP contribution < -0.4 is 15.0 Å². The van der Waals surface area contributed by atoms with Gasteiger partial charge < -0.3 is 15.0 Å². The Kier molecular flexibility index (Phi) is 8.06. The molecule has 2 rings (SSSR count). The van der Waals surface area contributed by atoms with E-state index in [4.69, 9.17) is 4.74 Å². The summed E-state index contributed by atoms with van der Waals surface area (Å²) in [6.07, 6.45) is 0. The first-order valence-corrected chi connectivity index (χ1v) is 10.3. The number of carbonyl (C=O) groups is 1. The molecule has 0 saturated heterocycles. The molecule has 1 unspecified atom stereocenters. The molecule has 0 aliphatic rings. The predicted octanol–water partition coefficient (Wildman–Crippen LogP) is 3.99. The molecule has 0 radical (unpaired) electrons. The van der Waals surface area contributed by atoms with Crippen LogP contribution in [0.2, 0.25) is 0 Å². The minimum atomic E-state index is 0.0541. The first-order valence-electron chi connectivity index (χ1n) is 10.3. The van der Waals surface area contributed by atoms with Gasteiger partial charge in [0.05, 0.1) is 13.7 Å². The Morgan fingerprint density at radius 1 is 1.00 bits per heavy atom. The van der Waals surface area contributed by atoms with Gasteiger partial charge in [-0.3, -0.25) is 4.79 Å². The smallest absolute Gasteiger partial charge is 0.279 e. The summed E-state index contributed by atoms with van der Waals surface area (Å²) in [5.41, 5.74) is 4.58. The number of rotatable bonds is 9. The number of hydrogen-bond acceptors (Lipinski definition) is 2. The fraction of sp³-hybridized carbons (Fsp3) is 0.458. The van der Waals surface area contributed by atoms with Crippen LogP contribution >= 0.6 is 0 Å². The fourth-order valence-corrected chi connectivity index (χ4v) is 3.43. The van der Waals surface area contributed by atoms with Crippen LogP contribution in [0, 0.1) is 0 Å². The molecular formula is C24H35N2O2+. The average molecular weight is 384 g/mol. The van der Waals surface area contributed by atoms with E-state index in [9.17, 15) is 4.79 Å². The van der Waals surface area contributed by atoms with Gasteiger partial charge in [0.15, 0.2) is 6.54 Å². The Morgan fingerprint density at radius 3 is 2.07 bits per heavy atom. The Bertz CT molecular complexity index is 740. The molecule has 0 fully saturated rings. The van der Waals surface area contributed by atoms with Crippen LogP contribution in [0.5, 0.6) is 5.75 Å². The van der Waals surface area contributed by atoms with Crippen molar-refractivity contribution < 1.29 is 14.4 Å². The van der Waals surface area contributed by atoms with Crippen molar-refractivity contribution in [1.82, 2.24) is 0 Å². The summed E-state index contributed by atoms with van der Waals surface area (Å²) in [5.74, 6) is 1.66. The molecule has 1 amide bonds. The number of benzene rings is 2. The highest BCUT2D eigenvalue weighted by Crippen LogP contribution is 2.32. The molecule has 152 valence electrons. The number of likely N-dealkylation sites (N-methyl/N-ethyl adjacent to an activating group) is 1. The topological polar surface area (TPSA) is 42.8 Å². The third kappa shape index (κ3) is 6.10. The lowest BCUT2D eigenvalue weighted by Crippen LogP contribution is -3.08. The molecule has 28 heavy (non-hydrogen) atoms.